The molecule has 0 atom stereocenters. The van der Waals surface area contributed by atoms with Gasteiger partial charge in [-0.2, -0.15) is 5.10 Å². The number of nitrogens with zero attached hydrogens (tertiary/aromatic N) is 2. The van der Waals surface area contributed by atoms with Crippen LogP contribution in [0.15, 0.2) is 12.1 Å². The molecule has 1 aromatic heterocycles. The molecule has 0 spiro atoms. The molecule has 0 aliphatic heterocycles. The number of aryl methyl sites for hydroxylation is 2. The SMILES string of the molecule is COc1c(N)ccc2nn(C)c(C)c12. The molecule has 0 aliphatic carbocycles. The normalized spacial score (nSPS) is 10.8. The van der Waals surface area contributed by atoms with E-state index in [9.17, 15) is 0 Å². The van der Waals surface area contributed by atoms with Gasteiger partial charge in [-0.3, -0.25) is 4.68 Å². The molecule has 2 rings (SSSR count). The van der Waals surface area contributed by atoms with E-state index in [1.165, 1.54) is 0 Å². The number of fused-ring (bicyclic) bond motifs is 1. The van der Waals surface area contributed by atoms with Crippen LogP contribution in [-0.4, -0.2) is 16.9 Å². The van der Waals surface area contributed by atoms with E-state index >= 15 is 0 Å². The molecule has 0 unspecified atom stereocenters. The van der Waals surface area contributed by atoms with E-state index in [1.54, 1.807) is 7.11 Å². The van der Waals surface area contributed by atoms with E-state index in [1.807, 2.05) is 30.8 Å². The predicted octanol–water partition coefficient (Wildman–Crippen LogP) is 1.47. The Hall–Kier alpha value is -1.71. The first-order valence-corrected chi connectivity index (χ1v) is 4.41. The fourth-order valence-electron chi connectivity index (χ4n) is 1.64. The summed E-state index contributed by atoms with van der Waals surface area (Å²) in [5.41, 5.74) is 8.43. The van der Waals surface area contributed by atoms with Gasteiger partial charge in [0.1, 0.15) is 0 Å². The van der Waals surface area contributed by atoms with Gasteiger partial charge in [-0.15, -0.1) is 0 Å². The van der Waals surface area contributed by atoms with Crippen molar-refractivity contribution in [2.75, 3.05) is 12.8 Å². The highest BCUT2D eigenvalue weighted by molar-refractivity contribution is 5.92. The van der Waals surface area contributed by atoms with Crippen molar-refractivity contribution < 1.29 is 4.74 Å². The maximum Gasteiger partial charge on any atom is 0.153 e. The molecule has 2 N–H and O–H groups in total. The van der Waals surface area contributed by atoms with Crippen molar-refractivity contribution in [3.63, 3.8) is 0 Å². The van der Waals surface area contributed by atoms with Crippen molar-refractivity contribution in [3.8, 4) is 5.75 Å². The van der Waals surface area contributed by atoms with Gasteiger partial charge in [0, 0.05) is 12.7 Å². The van der Waals surface area contributed by atoms with Crippen LogP contribution in [0.1, 0.15) is 5.69 Å². The Kier molecular flexibility index (Phi) is 1.84. The first kappa shape index (κ1) is 8.87. The maximum absolute atomic E-state index is 5.81. The minimum absolute atomic E-state index is 0.649. The molecule has 1 heterocycles. The van der Waals surface area contributed by atoms with Crippen molar-refractivity contribution in [1.29, 1.82) is 0 Å². The van der Waals surface area contributed by atoms with Crippen molar-refractivity contribution in [3.05, 3.63) is 17.8 Å². The number of aromatic nitrogens is 2. The molecule has 0 saturated heterocycles. The molecule has 0 fully saturated rings. The van der Waals surface area contributed by atoms with Crippen LogP contribution in [0.25, 0.3) is 10.9 Å². The molecule has 1 aromatic carbocycles. The van der Waals surface area contributed by atoms with Gasteiger partial charge in [0.05, 0.1) is 23.7 Å². The fourth-order valence-corrected chi connectivity index (χ4v) is 1.64. The van der Waals surface area contributed by atoms with Crippen LogP contribution in [0.2, 0.25) is 0 Å². The Labute approximate surface area is 82.3 Å². The number of methoxy groups -OCH3 is 1. The van der Waals surface area contributed by atoms with E-state index in [2.05, 4.69) is 5.10 Å². The van der Waals surface area contributed by atoms with Crippen LogP contribution in [0.4, 0.5) is 5.69 Å². The highest BCUT2D eigenvalue weighted by Crippen LogP contribution is 2.33. The first-order valence-electron chi connectivity index (χ1n) is 4.41. The molecular weight excluding hydrogens is 178 g/mol. The lowest BCUT2D eigenvalue weighted by atomic mass is 10.1. The minimum Gasteiger partial charge on any atom is -0.494 e. The van der Waals surface area contributed by atoms with Crippen LogP contribution < -0.4 is 10.5 Å². The monoisotopic (exact) mass is 191 g/mol. The van der Waals surface area contributed by atoms with E-state index in [0.29, 0.717) is 11.4 Å². The number of nitrogen functional groups attached to an aromatic ring is 1. The summed E-state index contributed by atoms with van der Waals surface area (Å²) in [5, 5.41) is 5.34. The van der Waals surface area contributed by atoms with Gasteiger partial charge in [-0.05, 0) is 19.1 Å². The lowest BCUT2D eigenvalue weighted by Gasteiger charge is -2.05. The molecule has 4 heteroatoms. The second kappa shape index (κ2) is 2.90. The molecular formula is C10H13N3O. The van der Waals surface area contributed by atoms with E-state index in [0.717, 1.165) is 16.6 Å². The maximum atomic E-state index is 5.81. The van der Waals surface area contributed by atoms with Gasteiger partial charge >= 0.3 is 0 Å². The van der Waals surface area contributed by atoms with Gasteiger partial charge in [-0.1, -0.05) is 0 Å². The fraction of sp³-hybridized carbons (Fsp3) is 0.300. The number of hydrogen-bond acceptors (Lipinski definition) is 3. The van der Waals surface area contributed by atoms with Crippen molar-refractivity contribution in [2.45, 2.75) is 6.92 Å². The second-order valence-corrected chi connectivity index (χ2v) is 3.29. The van der Waals surface area contributed by atoms with E-state index < -0.39 is 0 Å². The van der Waals surface area contributed by atoms with Crippen molar-refractivity contribution in [1.82, 2.24) is 9.78 Å². The number of ether oxygens (including phenoxy) is 1. The van der Waals surface area contributed by atoms with Gasteiger partial charge in [-0.25, -0.2) is 0 Å². The minimum atomic E-state index is 0.649. The van der Waals surface area contributed by atoms with Gasteiger partial charge in [0.2, 0.25) is 0 Å². The highest BCUT2D eigenvalue weighted by atomic mass is 16.5. The Balaban J connectivity index is 2.91. The molecule has 2 aromatic rings. The standard InChI is InChI=1S/C10H13N3O/c1-6-9-8(12-13(6)2)5-4-7(11)10(9)14-3/h4-5H,11H2,1-3H3. The summed E-state index contributed by atoms with van der Waals surface area (Å²) < 4.78 is 7.10. The lowest BCUT2D eigenvalue weighted by molar-refractivity contribution is 0.421. The summed E-state index contributed by atoms with van der Waals surface area (Å²) in [6.07, 6.45) is 0. The quantitative estimate of drug-likeness (QED) is 0.694. The van der Waals surface area contributed by atoms with Gasteiger partial charge < -0.3 is 10.5 Å². The summed E-state index contributed by atoms with van der Waals surface area (Å²) in [7, 11) is 3.53. The third-order valence-electron chi connectivity index (χ3n) is 2.48. The summed E-state index contributed by atoms with van der Waals surface area (Å²) in [4.78, 5) is 0. The Morgan fingerprint density at radius 3 is 2.79 bits per heavy atom. The largest absolute Gasteiger partial charge is 0.494 e. The van der Waals surface area contributed by atoms with Gasteiger partial charge in [0.15, 0.2) is 5.75 Å². The average molecular weight is 191 g/mol. The molecule has 0 amide bonds. The predicted molar refractivity (Wildman–Crippen MR) is 56.4 cm³/mol. The number of hydrogen-bond donors (Lipinski definition) is 1. The molecule has 0 aliphatic rings. The zero-order valence-corrected chi connectivity index (χ0v) is 8.53. The van der Waals surface area contributed by atoms with E-state index in [-0.39, 0.29) is 0 Å². The average Bonchev–Trinajstić information content (AvgIpc) is 2.45. The van der Waals surface area contributed by atoms with E-state index in [4.69, 9.17) is 10.5 Å². The number of benzene rings is 1. The second-order valence-electron chi connectivity index (χ2n) is 3.29. The summed E-state index contributed by atoms with van der Waals surface area (Å²) in [5.74, 6) is 0.716. The van der Waals surface area contributed by atoms with Crippen LogP contribution in [0, 0.1) is 6.92 Å². The smallest absolute Gasteiger partial charge is 0.153 e. The third-order valence-corrected chi connectivity index (χ3v) is 2.48. The Morgan fingerprint density at radius 2 is 2.14 bits per heavy atom. The lowest BCUT2D eigenvalue weighted by Crippen LogP contribution is -1.94. The Bertz CT molecular complexity index is 488. The number of rotatable bonds is 1. The Morgan fingerprint density at radius 1 is 1.43 bits per heavy atom. The van der Waals surface area contributed by atoms with Crippen LogP contribution >= 0.6 is 0 Å². The van der Waals surface area contributed by atoms with Crippen LogP contribution in [0.5, 0.6) is 5.75 Å². The zero-order chi connectivity index (χ0) is 10.3. The third kappa shape index (κ3) is 1.04. The molecule has 0 bridgehead atoms. The number of anilines is 1. The molecule has 74 valence electrons. The molecule has 14 heavy (non-hydrogen) atoms. The molecule has 0 radical (unpaired) electrons. The summed E-state index contributed by atoms with van der Waals surface area (Å²) >= 11 is 0. The van der Waals surface area contributed by atoms with Crippen molar-refractivity contribution in [2.24, 2.45) is 7.05 Å². The summed E-state index contributed by atoms with van der Waals surface area (Å²) in [6, 6.07) is 3.72. The topological polar surface area (TPSA) is 53.1 Å². The summed E-state index contributed by atoms with van der Waals surface area (Å²) in [6.45, 7) is 2.00. The zero-order valence-electron chi connectivity index (χ0n) is 8.53. The van der Waals surface area contributed by atoms with Gasteiger partial charge in [0.25, 0.3) is 0 Å². The molecule has 4 nitrogen and oxygen atoms in total. The van der Waals surface area contributed by atoms with Crippen molar-refractivity contribution >= 4 is 16.6 Å². The first-order chi connectivity index (χ1) is 6.65. The van der Waals surface area contributed by atoms with Crippen LogP contribution in [-0.2, 0) is 7.05 Å². The highest BCUT2D eigenvalue weighted by Gasteiger charge is 2.12. The molecule has 0 saturated carbocycles. The van der Waals surface area contributed by atoms with Crippen LogP contribution in [0.3, 0.4) is 0 Å². The number of nitrogens with two attached hydrogens (primary N) is 1.